The molecule has 1 aromatic heterocycles. The number of nitro benzene ring substituents is 1. The van der Waals surface area contributed by atoms with Gasteiger partial charge >= 0.3 is 0 Å². The summed E-state index contributed by atoms with van der Waals surface area (Å²) in [7, 11) is 1.39. The van der Waals surface area contributed by atoms with Crippen LogP contribution in [0.5, 0.6) is 5.75 Å². The number of nitrogens with one attached hydrogen (secondary N) is 2. The number of nitro groups is 1. The van der Waals surface area contributed by atoms with Gasteiger partial charge in [-0.05, 0) is 31.2 Å². The van der Waals surface area contributed by atoms with Crippen molar-refractivity contribution in [2.75, 3.05) is 12.4 Å². The van der Waals surface area contributed by atoms with Gasteiger partial charge in [-0.2, -0.15) is 5.10 Å². The third kappa shape index (κ3) is 5.59. The first-order valence-electron chi connectivity index (χ1n) is 7.76. The maximum Gasteiger partial charge on any atom is 0.296 e. The maximum atomic E-state index is 12.1. The van der Waals surface area contributed by atoms with Crippen molar-refractivity contribution in [3.63, 3.8) is 0 Å². The molecular weight excluding hydrogens is 354 g/mol. The lowest BCUT2D eigenvalue weighted by atomic mass is 10.2. The fourth-order valence-electron chi connectivity index (χ4n) is 2.08. The molecule has 0 radical (unpaired) electrons. The van der Waals surface area contributed by atoms with Gasteiger partial charge in [0.2, 0.25) is 5.91 Å². The fourth-order valence-corrected chi connectivity index (χ4v) is 2.08. The number of pyridine rings is 1. The predicted molar refractivity (Wildman–Crippen MR) is 97.7 cm³/mol. The van der Waals surface area contributed by atoms with Gasteiger partial charge < -0.3 is 10.1 Å². The van der Waals surface area contributed by atoms with Crippen molar-refractivity contribution in [2.24, 2.45) is 5.10 Å². The number of carbonyl (C=O) groups is 2. The highest BCUT2D eigenvalue weighted by atomic mass is 16.6. The van der Waals surface area contributed by atoms with E-state index in [1.807, 2.05) is 0 Å². The number of methoxy groups -OCH3 is 1. The first kappa shape index (κ1) is 19.5. The number of hydrazone groups is 1. The lowest BCUT2D eigenvalue weighted by molar-refractivity contribution is -0.384. The molecule has 0 unspecified atom stereocenters. The third-order valence-electron chi connectivity index (χ3n) is 3.38. The van der Waals surface area contributed by atoms with Crippen LogP contribution in [0.15, 0.2) is 47.8 Å². The first-order valence-corrected chi connectivity index (χ1v) is 7.76. The van der Waals surface area contributed by atoms with Crippen LogP contribution in [0.25, 0.3) is 0 Å². The zero-order chi connectivity index (χ0) is 19.8. The first-order chi connectivity index (χ1) is 12.9. The average Bonchev–Trinajstić information content (AvgIpc) is 2.66. The van der Waals surface area contributed by atoms with Gasteiger partial charge in [-0.25, -0.2) is 5.43 Å². The van der Waals surface area contributed by atoms with Crippen LogP contribution in [0.4, 0.5) is 11.4 Å². The number of rotatable bonds is 7. The van der Waals surface area contributed by atoms with Crippen molar-refractivity contribution in [1.29, 1.82) is 0 Å². The highest BCUT2D eigenvalue weighted by Gasteiger charge is 2.17. The van der Waals surface area contributed by atoms with E-state index in [0.717, 1.165) is 0 Å². The Morgan fingerprint density at radius 2 is 1.96 bits per heavy atom. The molecule has 0 spiro atoms. The second-order valence-electron chi connectivity index (χ2n) is 5.39. The van der Waals surface area contributed by atoms with E-state index in [1.165, 1.54) is 49.8 Å². The molecule has 0 fully saturated rings. The number of nitrogens with zero attached hydrogens (tertiary/aromatic N) is 3. The quantitative estimate of drug-likeness (QED) is 0.435. The van der Waals surface area contributed by atoms with E-state index >= 15 is 0 Å². The molecule has 10 heteroatoms. The molecule has 2 amide bonds. The van der Waals surface area contributed by atoms with Crippen molar-refractivity contribution < 1.29 is 19.2 Å². The standard InChI is InChI=1S/C17H17N5O5/c1-11(20-21-17(24)12-5-7-18-8-6-12)9-16(23)19-14-4-3-13(27-2)10-15(14)22(25)26/h3-8,10H,9H2,1-2H3,(H,19,23)(H,21,24)/b20-11-. The van der Waals surface area contributed by atoms with Gasteiger partial charge in [0.05, 0.1) is 24.5 Å². The number of hydrogen-bond acceptors (Lipinski definition) is 7. The van der Waals surface area contributed by atoms with Crippen LogP contribution in [0.2, 0.25) is 0 Å². The predicted octanol–water partition coefficient (Wildman–Crippen LogP) is 2.13. The van der Waals surface area contributed by atoms with Crippen LogP contribution in [-0.4, -0.2) is 34.5 Å². The molecule has 2 rings (SSSR count). The SMILES string of the molecule is COc1ccc(NC(=O)C/C(C)=N\NC(=O)c2ccncc2)c([N+](=O)[O-])c1. The molecule has 1 heterocycles. The van der Waals surface area contributed by atoms with Gasteiger partial charge in [0.25, 0.3) is 11.6 Å². The Bertz CT molecular complexity index is 883. The number of ether oxygens (including phenoxy) is 1. The summed E-state index contributed by atoms with van der Waals surface area (Å²) in [6, 6.07) is 7.14. The maximum absolute atomic E-state index is 12.1. The summed E-state index contributed by atoms with van der Waals surface area (Å²) in [6.45, 7) is 1.55. The van der Waals surface area contributed by atoms with E-state index in [2.05, 4.69) is 20.8 Å². The fraction of sp³-hybridized carbons (Fsp3) is 0.176. The summed E-state index contributed by atoms with van der Waals surface area (Å²) >= 11 is 0. The molecular formula is C17H17N5O5. The van der Waals surface area contributed by atoms with Crippen LogP contribution >= 0.6 is 0 Å². The monoisotopic (exact) mass is 371 g/mol. The molecule has 140 valence electrons. The van der Waals surface area contributed by atoms with Crippen LogP contribution in [0.1, 0.15) is 23.7 Å². The van der Waals surface area contributed by atoms with Crippen molar-refractivity contribution in [2.45, 2.75) is 13.3 Å². The van der Waals surface area contributed by atoms with E-state index in [0.29, 0.717) is 17.0 Å². The van der Waals surface area contributed by atoms with Gasteiger partial charge in [0.15, 0.2) is 0 Å². The lowest BCUT2D eigenvalue weighted by Crippen LogP contribution is -2.21. The van der Waals surface area contributed by atoms with Crippen molar-refractivity contribution in [3.8, 4) is 5.75 Å². The van der Waals surface area contributed by atoms with Gasteiger partial charge in [-0.1, -0.05) is 0 Å². The molecule has 0 aliphatic heterocycles. The Morgan fingerprint density at radius 3 is 2.59 bits per heavy atom. The van der Waals surface area contributed by atoms with Crippen LogP contribution in [-0.2, 0) is 4.79 Å². The zero-order valence-corrected chi connectivity index (χ0v) is 14.6. The van der Waals surface area contributed by atoms with E-state index in [4.69, 9.17) is 4.74 Å². The lowest BCUT2D eigenvalue weighted by Gasteiger charge is -2.07. The summed E-state index contributed by atoms with van der Waals surface area (Å²) in [5.41, 5.74) is 2.78. The Labute approximate surface area is 154 Å². The normalized spacial score (nSPS) is 10.8. The molecule has 0 aliphatic carbocycles. The van der Waals surface area contributed by atoms with E-state index < -0.39 is 16.7 Å². The second kappa shape index (κ2) is 9.04. The number of amides is 2. The largest absolute Gasteiger partial charge is 0.496 e. The Kier molecular flexibility index (Phi) is 6.53. The minimum Gasteiger partial charge on any atom is -0.496 e. The molecule has 0 saturated carbocycles. The minimum atomic E-state index is -0.617. The van der Waals surface area contributed by atoms with Gasteiger partial charge in [0.1, 0.15) is 11.4 Å². The number of carbonyl (C=O) groups excluding carboxylic acids is 2. The zero-order valence-electron chi connectivity index (χ0n) is 14.6. The molecule has 10 nitrogen and oxygen atoms in total. The molecule has 2 N–H and O–H groups in total. The Balaban J connectivity index is 1.99. The van der Waals surface area contributed by atoms with Gasteiger partial charge in [-0.3, -0.25) is 24.7 Å². The Morgan fingerprint density at radius 1 is 1.26 bits per heavy atom. The number of hydrogen-bond donors (Lipinski definition) is 2. The number of anilines is 1. The second-order valence-corrected chi connectivity index (χ2v) is 5.39. The summed E-state index contributed by atoms with van der Waals surface area (Å²) in [5, 5.41) is 17.4. The van der Waals surface area contributed by atoms with Crippen LogP contribution in [0.3, 0.4) is 0 Å². The van der Waals surface area contributed by atoms with E-state index in [9.17, 15) is 19.7 Å². The highest BCUT2D eigenvalue weighted by molar-refractivity contribution is 6.06. The topological polar surface area (TPSA) is 136 Å². The van der Waals surface area contributed by atoms with Gasteiger partial charge in [0, 0.05) is 23.7 Å². The molecule has 0 aliphatic rings. The highest BCUT2D eigenvalue weighted by Crippen LogP contribution is 2.28. The van der Waals surface area contributed by atoms with Crippen molar-refractivity contribution in [1.82, 2.24) is 10.4 Å². The summed E-state index contributed by atoms with van der Waals surface area (Å²) in [6.07, 6.45) is 2.79. The molecule has 27 heavy (non-hydrogen) atoms. The Hall–Kier alpha value is -3.82. The average molecular weight is 371 g/mol. The van der Waals surface area contributed by atoms with Crippen molar-refractivity contribution >= 4 is 28.9 Å². The molecule has 0 saturated heterocycles. The third-order valence-corrected chi connectivity index (χ3v) is 3.38. The van der Waals surface area contributed by atoms with Gasteiger partial charge in [-0.15, -0.1) is 0 Å². The molecule has 2 aromatic rings. The number of benzene rings is 1. The van der Waals surface area contributed by atoms with E-state index in [1.54, 1.807) is 6.92 Å². The molecule has 0 bridgehead atoms. The van der Waals surface area contributed by atoms with E-state index in [-0.39, 0.29) is 17.8 Å². The minimum absolute atomic E-state index is 0.0411. The molecule has 0 atom stereocenters. The number of aromatic nitrogens is 1. The summed E-state index contributed by atoms with van der Waals surface area (Å²) < 4.78 is 4.94. The molecule has 1 aromatic carbocycles. The van der Waals surface area contributed by atoms with Crippen LogP contribution in [0, 0.1) is 10.1 Å². The smallest absolute Gasteiger partial charge is 0.296 e. The summed E-state index contributed by atoms with van der Waals surface area (Å²) in [5.74, 6) is -0.651. The summed E-state index contributed by atoms with van der Waals surface area (Å²) in [4.78, 5) is 38.3. The van der Waals surface area contributed by atoms with Crippen LogP contribution < -0.4 is 15.5 Å². The van der Waals surface area contributed by atoms with Crippen molar-refractivity contribution in [3.05, 3.63) is 58.4 Å².